The number of rotatable bonds is 4. The molecule has 2 aromatic carbocycles. The van der Waals surface area contributed by atoms with Crippen LogP contribution in [-0.4, -0.2) is 26.1 Å². The summed E-state index contributed by atoms with van der Waals surface area (Å²) in [5.41, 5.74) is 3.76. The van der Waals surface area contributed by atoms with Gasteiger partial charge in [-0.25, -0.2) is 0 Å². The van der Waals surface area contributed by atoms with Gasteiger partial charge in [-0.1, -0.05) is 25.4 Å². The lowest BCUT2D eigenvalue weighted by Crippen LogP contribution is -2.27. The number of hydrogen-bond donors (Lipinski definition) is 0. The number of hydrogen-bond acceptors (Lipinski definition) is 4. The molecule has 0 spiro atoms. The van der Waals surface area contributed by atoms with Crippen molar-refractivity contribution in [3.05, 3.63) is 53.1 Å². The Morgan fingerprint density at radius 2 is 1.88 bits per heavy atom. The summed E-state index contributed by atoms with van der Waals surface area (Å²) in [6.45, 7) is 4.26. The summed E-state index contributed by atoms with van der Waals surface area (Å²) in [7, 11) is 3.56. The number of fused-ring (bicyclic) bond motifs is 1. The summed E-state index contributed by atoms with van der Waals surface area (Å²) in [4.78, 5) is 4.70. The molecule has 4 nitrogen and oxygen atoms in total. The van der Waals surface area contributed by atoms with Crippen molar-refractivity contribution in [2.45, 2.75) is 19.3 Å². The second-order valence-electron chi connectivity index (χ2n) is 6.25. The molecule has 0 N–H and O–H groups in total. The molecule has 0 aromatic heterocycles. The molecule has 0 fully saturated rings. The first-order valence-electron chi connectivity index (χ1n) is 7.73. The first kappa shape index (κ1) is 16.5. The lowest BCUT2D eigenvalue weighted by atomic mass is 9.82. The Labute approximate surface area is 147 Å². The summed E-state index contributed by atoms with van der Waals surface area (Å²) in [6, 6.07) is 13.6. The summed E-state index contributed by atoms with van der Waals surface area (Å²) in [5.74, 6) is 0.824. The fourth-order valence-corrected chi connectivity index (χ4v) is 2.88. The smallest absolute Gasteiger partial charge is 0.119 e. The van der Waals surface area contributed by atoms with Crippen molar-refractivity contribution in [1.82, 2.24) is 0 Å². The van der Waals surface area contributed by atoms with Crippen LogP contribution < -0.4 is 9.75 Å². The Hall–Kier alpha value is -2.33. The third kappa shape index (κ3) is 3.02. The van der Waals surface area contributed by atoms with Gasteiger partial charge in [0.05, 0.1) is 30.4 Å². The second kappa shape index (κ2) is 6.29. The van der Waals surface area contributed by atoms with Crippen molar-refractivity contribution in [3.8, 4) is 5.75 Å². The highest BCUT2D eigenvalue weighted by molar-refractivity contribution is 6.37. The monoisotopic (exact) mass is 341 g/mol. The molecule has 0 atom stereocenters. The fraction of sp³-hybridized carbons (Fsp3) is 0.263. The van der Waals surface area contributed by atoms with Crippen molar-refractivity contribution in [2.24, 2.45) is 10.1 Å². The minimum atomic E-state index is -0.218. The number of benzene rings is 2. The van der Waals surface area contributed by atoms with Crippen LogP contribution in [0.1, 0.15) is 19.4 Å². The van der Waals surface area contributed by atoms with Crippen LogP contribution >= 0.6 is 11.6 Å². The van der Waals surface area contributed by atoms with Gasteiger partial charge in [0.15, 0.2) is 0 Å². The molecule has 0 bridgehead atoms. The molecule has 1 heterocycles. The topological polar surface area (TPSA) is 37.2 Å². The maximum atomic E-state index is 6.13. The molecule has 0 saturated carbocycles. The van der Waals surface area contributed by atoms with Gasteiger partial charge in [0.25, 0.3) is 0 Å². The number of ether oxygens (including phenoxy) is 1. The first-order valence-corrected chi connectivity index (χ1v) is 8.10. The highest BCUT2D eigenvalue weighted by Crippen LogP contribution is 2.40. The molecule has 1 aliphatic heterocycles. The van der Waals surface area contributed by atoms with Crippen molar-refractivity contribution in [2.75, 3.05) is 19.2 Å². The van der Waals surface area contributed by atoms with E-state index in [1.165, 1.54) is 0 Å². The van der Waals surface area contributed by atoms with E-state index in [-0.39, 0.29) is 5.41 Å². The lowest BCUT2D eigenvalue weighted by Gasteiger charge is -2.20. The van der Waals surface area contributed by atoms with Crippen LogP contribution in [0, 0.1) is 0 Å². The van der Waals surface area contributed by atoms with E-state index in [1.54, 1.807) is 7.11 Å². The fourth-order valence-electron chi connectivity index (χ4n) is 2.71. The maximum absolute atomic E-state index is 6.13. The van der Waals surface area contributed by atoms with Crippen molar-refractivity contribution < 1.29 is 4.74 Å². The molecule has 3 rings (SSSR count). The van der Waals surface area contributed by atoms with E-state index in [9.17, 15) is 0 Å². The Morgan fingerprint density at radius 1 is 1.17 bits per heavy atom. The molecular weight excluding hydrogens is 322 g/mol. The molecule has 24 heavy (non-hydrogen) atoms. The van der Waals surface area contributed by atoms with Crippen molar-refractivity contribution in [1.29, 1.82) is 0 Å². The average molecular weight is 342 g/mol. The van der Waals surface area contributed by atoms with Gasteiger partial charge in [-0.05, 0) is 48.0 Å². The number of halogens is 1. The Balaban J connectivity index is 1.81. The predicted molar refractivity (Wildman–Crippen MR) is 101 cm³/mol. The van der Waals surface area contributed by atoms with E-state index in [0.29, 0.717) is 0 Å². The Morgan fingerprint density at radius 3 is 2.54 bits per heavy atom. The van der Waals surface area contributed by atoms with Crippen LogP contribution in [0.25, 0.3) is 0 Å². The maximum Gasteiger partial charge on any atom is 0.119 e. The van der Waals surface area contributed by atoms with Crippen LogP contribution in [0.15, 0.2) is 52.6 Å². The molecule has 2 aromatic rings. The second-order valence-corrected chi connectivity index (χ2v) is 6.69. The molecule has 124 valence electrons. The SMILES string of the molecule is COc1ccc(N(C)N=CC2=Nc3ccc(Cl)cc3C2(C)C)cc1. The third-order valence-corrected chi connectivity index (χ3v) is 4.55. The van der Waals surface area contributed by atoms with E-state index in [2.05, 4.69) is 18.9 Å². The molecule has 0 saturated heterocycles. The van der Waals surface area contributed by atoms with Crippen LogP contribution in [-0.2, 0) is 5.41 Å². The molecule has 0 aliphatic carbocycles. The zero-order valence-electron chi connectivity index (χ0n) is 14.2. The zero-order valence-corrected chi connectivity index (χ0v) is 15.0. The zero-order chi connectivity index (χ0) is 17.3. The van der Waals surface area contributed by atoms with Gasteiger partial charge in [-0.2, -0.15) is 5.10 Å². The first-order chi connectivity index (χ1) is 11.4. The van der Waals surface area contributed by atoms with E-state index >= 15 is 0 Å². The van der Waals surface area contributed by atoms with Crippen molar-refractivity contribution >= 4 is 34.9 Å². The van der Waals surface area contributed by atoms with Gasteiger partial charge in [0.2, 0.25) is 0 Å². The van der Waals surface area contributed by atoms with Crippen LogP contribution in [0.5, 0.6) is 5.75 Å². The molecule has 0 amide bonds. The molecular formula is C19H20ClN3O. The van der Waals surface area contributed by atoms with E-state index in [1.807, 2.05) is 60.7 Å². The van der Waals surface area contributed by atoms with Gasteiger partial charge in [-0.3, -0.25) is 10.0 Å². The van der Waals surface area contributed by atoms with E-state index in [0.717, 1.165) is 33.4 Å². The minimum Gasteiger partial charge on any atom is -0.497 e. The summed E-state index contributed by atoms with van der Waals surface area (Å²) >= 11 is 6.13. The summed E-state index contributed by atoms with van der Waals surface area (Å²) in [5, 5.41) is 7.08. The number of anilines is 1. The quantitative estimate of drug-likeness (QED) is 0.589. The summed E-state index contributed by atoms with van der Waals surface area (Å²) < 4.78 is 5.18. The molecule has 1 aliphatic rings. The number of methoxy groups -OCH3 is 1. The van der Waals surface area contributed by atoms with E-state index < -0.39 is 0 Å². The number of aliphatic imine (C=N–C) groups is 1. The molecule has 0 radical (unpaired) electrons. The highest BCUT2D eigenvalue weighted by Gasteiger charge is 2.34. The van der Waals surface area contributed by atoms with E-state index in [4.69, 9.17) is 21.3 Å². The van der Waals surface area contributed by atoms with Gasteiger partial charge in [-0.15, -0.1) is 0 Å². The normalized spacial score (nSPS) is 15.3. The lowest BCUT2D eigenvalue weighted by molar-refractivity contribution is 0.415. The van der Waals surface area contributed by atoms with Crippen molar-refractivity contribution in [3.63, 3.8) is 0 Å². The predicted octanol–water partition coefficient (Wildman–Crippen LogP) is 4.83. The minimum absolute atomic E-state index is 0.218. The standard InChI is InChI=1S/C19H20ClN3O/c1-19(2)16-11-13(20)5-10-17(16)22-18(19)12-21-23(3)14-6-8-15(24-4)9-7-14/h5-12H,1-4H3. The van der Waals surface area contributed by atoms with Crippen LogP contribution in [0.4, 0.5) is 11.4 Å². The van der Waals surface area contributed by atoms with Gasteiger partial charge >= 0.3 is 0 Å². The third-order valence-electron chi connectivity index (χ3n) is 4.31. The van der Waals surface area contributed by atoms with Crippen LogP contribution in [0.2, 0.25) is 5.02 Å². The summed E-state index contributed by atoms with van der Waals surface area (Å²) in [6.07, 6.45) is 1.82. The van der Waals surface area contributed by atoms with Crippen LogP contribution in [0.3, 0.4) is 0 Å². The number of nitrogens with zero attached hydrogens (tertiary/aromatic N) is 3. The molecule has 0 unspecified atom stereocenters. The van der Waals surface area contributed by atoms with Gasteiger partial charge < -0.3 is 4.74 Å². The highest BCUT2D eigenvalue weighted by atomic mass is 35.5. The van der Waals surface area contributed by atoms with Gasteiger partial charge in [0.1, 0.15) is 5.75 Å². The Kier molecular flexibility index (Phi) is 4.33. The molecule has 5 heteroatoms. The largest absolute Gasteiger partial charge is 0.497 e. The average Bonchev–Trinajstić information content (AvgIpc) is 2.83. The number of hydrazone groups is 1. The Bertz CT molecular complexity index is 810. The van der Waals surface area contributed by atoms with Gasteiger partial charge in [0, 0.05) is 17.5 Å².